The zero-order valence-corrected chi connectivity index (χ0v) is 45.1. The number of rotatable bonds is 31. The smallest absolute Gasteiger partial charge is 0.338 e. The number of carboxylic acid groups (broad SMARTS) is 1. The van der Waals surface area contributed by atoms with Gasteiger partial charge in [-0.05, 0) is 135 Å². The Morgan fingerprint density at radius 3 is 1.27 bits per heavy atom. The molecule has 0 bridgehead atoms. The summed E-state index contributed by atoms with van der Waals surface area (Å²) in [5.41, 5.74) is 4.65. The van der Waals surface area contributed by atoms with E-state index in [-0.39, 0.29) is 18.1 Å². The van der Waals surface area contributed by atoms with E-state index in [1.54, 1.807) is 57.5 Å². The molecule has 0 amide bonds. The van der Waals surface area contributed by atoms with E-state index in [0.717, 1.165) is 74.7 Å². The molecule has 0 fully saturated rings. The van der Waals surface area contributed by atoms with E-state index in [2.05, 4.69) is 64.1 Å². The van der Waals surface area contributed by atoms with Crippen molar-refractivity contribution in [3.63, 3.8) is 0 Å². The number of ether oxygens (including phenoxy) is 3. The summed E-state index contributed by atoms with van der Waals surface area (Å²) >= 11 is 6.72. The van der Waals surface area contributed by atoms with E-state index >= 15 is 0 Å². The first-order valence-corrected chi connectivity index (χ1v) is 28.6. The third-order valence-electron chi connectivity index (χ3n) is 12.3. The number of methoxy groups -OCH3 is 1. The minimum absolute atomic E-state index is 0.159. The molecule has 0 unspecified atom stereocenters. The Kier molecular flexibility index (Phi) is 24.6. The van der Waals surface area contributed by atoms with E-state index < -0.39 is 5.97 Å². The summed E-state index contributed by atoms with van der Waals surface area (Å²) < 4.78 is 15.7. The highest BCUT2D eigenvalue weighted by Crippen LogP contribution is 2.43. The maximum absolute atomic E-state index is 12.9. The van der Waals surface area contributed by atoms with Crippen LogP contribution in [0.2, 0.25) is 0 Å². The largest absolute Gasteiger partial charge is 0.478 e. The first-order valence-electron chi connectivity index (χ1n) is 25.4. The molecule has 0 aliphatic heterocycles. The molecule has 0 aliphatic rings. The van der Waals surface area contributed by atoms with Gasteiger partial charge in [-0.2, -0.15) is 0 Å². The second kappa shape index (κ2) is 30.8. The van der Waals surface area contributed by atoms with Gasteiger partial charge in [-0.3, -0.25) is 9.59 Å². The van der Waals surface area contributed by atoms with E-state index in [0.29, 0.717) is 35.4 Å². The number of thiophene rings is 4. The van der Waals surface area contributed by atoms with Gasteiger partial charge in [0.25, 0.3) is 12.9 Å². The topological polar surface area (TPSA) is 116 Å². The van der Waals surface area contributed by atoms with Crippen molar-refractivity contribution in [2.45, 2.75) is 163 Å². The van der Waals surface area contributed by atoms with Gasteiger partial charge >= 0.3 is 11.9 Å². The number of aryl methyl sites for hydroxylation is 4. The zero-order valence-electron chi connectivity index (χ0n) is 41.9. The standard InChI is InChI=1S/C30H38O4S2.C28H34O4S2/c1-4-6-8-10-12-23-14-16-28(35-23)25-19-27(30(32)33-3)26(18-22(25)20-34-21-31)29-17-15-24(36-29)13-11-9-7-5-2;1-3-5-7-9-11-20-13-15-26(33-20)22-18-25(32-19-29)24(17-23(22)28(30)31)27-16-14-21(34-27)12-10-8-6-4-2/h14-19,21H,4-13,20H2,1-3H3;13-19H,3-12H2,1-2H3,(H,30,31). The molecular weight excluding hydrogens is 953 g/mol. The zero-order chi connectivity index (χ0) is 50.1. The molecule has 1 N–H and O–H groups in total. The lowest BCUT2D eigenvalue weighted by atomic mass is 9.96. The molecule has 12 heteroatoms. The molecule has 4 heterocycles. The minimum atomic E-state index is -0.983. The number of carbonyl (C=O) groups excluding carboxylic acids is 3. The second-order valence-corrected chi connectivity index (χ2v) is 22.3. The average Bonchev–Trinajstić information content (AvgIpc) is 4.23. The van der Waals surface area contributed by atoms with Crippen LogP contribution in [0.3, 0.4) is 0 Å². The van der Waals surface area contributed by atoms with Gasteiger partial charge in [0.15, 0.2) is 0 Å². The number of esters is 1. The summed E-state index contributed by atoms with van der Waals surface area (Å²) in [5.74, 6) is -0.946. The molecular formula is C58H72O8S4. The molecule has 0 radical (unpaired) electrons. The van der Waals surface area contributed by atoms with Crippen molar-refractivity contribution in [1.82, 2.24) is 0 Å². The molecule has 70 heavy (non-hydrogen) atoms. The fourth-order valence-electron chi connectivity index (χ4n) is 8.43. The van der Waals surface area contributed by atoms with Gasteiger partial charge in [-0.25, -0.2) is 9.59 Å². The molecule has 0 saturated carbocycles. The normalized spacial score (nSPS) is 11.0. The van der Waals surface area contributed by atoms with E-state index in [1.807, 2.05) is 24.3 Å². The highest BCUT2D eigenvalue weighted by atomic mass is 32.1. The molecule has 0 spiro atoms. The van der Waals surface area contributed by atoms with Crippen LogP contribution in [0.5, 0.6) is 5.75 Å². The lowest BCUT2D eigenvalue weighted by Gasteiger charge is -2.14. The number of hydrogen-bond donors (Lipinski definition) is 1. The maximum atomic E-state index is 12.9. The van der Waals surface area contributed by atoms with Crippen LogP contribution < -0.4 is 4.74 Å². The van der Waals surface area contributed by atoms with Crippen molar-refractivity contribution in [2.75, 3.05) is 7.11 Å². The molecule has 4 aromatic heterocycles. The number of hydrogen-bond acceptors (Lipinski definition) is 11. The van der Waals surface area contributed by atoms with Gasteiger partial charge in [-0.1, -0.05) is 105 Å². The Bertz CT molecular complexity index is 2540. The molecule has 0 aliphatic carbocycles. The Balaban J connectivity index is 0.000000261. The Morgan fingerprint density at radius 2 is 0.886 bits per heavy atom. The summed E-state index contributed by atoms with van der Waals surface area (Å²) in [6.07, 6.45) is 23.5. The number of unbranched alkanes of at least 4 members (excludes halogenated alkanes) is 12. The van der Waals surface area contributed by atoms with E-state index in [1.165, 1.54) is 117 Å². The summed E-state index contributed by atoms with van der Waals surface area (Å²) in [6.45, 7) is 9.89. The van der Waals surface area contributed by atoms with E-state index in [9.17, 15) is 24.3 Å². The van der Waals surface area contributed by atoms with Crippen molar-refractivity contribution in [3.05, 3.63) is 109 Å². The lowest BCUT2D eigenvalue weighted by Crippen LogP contribution is -2.06. The molecule has 6 rings (SSSR count). The molecule has 376 valence electrons. The van der Waals surface area contributed by atoms with Crippen molar-refractivity contribution in [2.24, 2.45) is 0 Å². The predicted molar refractivity (Wildman–Crippen MR) is 293 cm³/mol. The lowest BCUT2D eigenvalue weighted by molar-refractivity contribution is -0.129. The number of carboxylic acids is 1. The molecule has 0 atom stereocenters. The first kappa shape index (κ1) is 56.0. The molecule has 0 saturated heterocycles. The van der Waals surface area contributed by atoms with Crippen LogP contribution in [-0.4, -0.2) is 37.1 Å². The van der Waals surface area contributed by atoms with Crippen LogP contribution in [0.4, 0.5) is 0 Å². The van der Waals surface area contributed by atoms with Gasteiger partial charge in [0, 0.05) is 55.7 Å². The van der Waals surface area contributed by atoms with Crippen molar-refractivity contribution in [1.29, 1.82) is 0 Å². The molecule has 6 aromatic rings. The van der Waals surface area contributed by atoms with Crippen LogP contribution in [0.25, 0.3) is 41.8 Å². The fourth-order valence-corrected chi connectivity index (χ4v) is 12.8. The minimum Gasteiger partial charge on any atom is -0.478 e. The Labute approximate surface area is 432 Å². The van der Waals surface area contributed by atoms with Crippen molar-refractivity contribution >= 4 is 70.2 Å². The SMILES string of the molecule is CCCCCCc1ccc(-c2cc(C(=O)O)c(-c3ccc(CCCCCC)s3)cc2OC=O)s1.CCCCCCc1ccc(-c2cc(C(=O)OC)c(-c3ccc(CCCCCC)s3)cc2COC=O)s1. The number of carbonyl (C=O) groups is 4. The summed E-state index contributed by atoms with van der Waals surface area (Å²) in [5, 5.41) is 10.00. The van der Waals surface area contributed by atoms with Crippen LogP contribution >= 0.6 is 45.3 Å². The van der Waals surface area contributed by atoms with Gasteiger partial charge in [0.05, 0.1) is 18.2 Å². The predicted octanol–water partition coefficient (Wildman–Crippen LogP) is 17.5. The van der Waals surface area contributed by atoms with Crippen molar-refractivity contribution in [3.8, 4) is 47.5 Å². The first-order chi connectivity index (χ1) is 34.2. The Hall–Kier alpha value is -4.88. The summed E-state index contributed by atoms with van der Waals surface area (Å²) in [4.78, 5) is 56.4. The van der Waals surface area contributed by atoms with Crippen molar-refractivity contribution < 1.29 is 38.5 Å². The number of aromatic carboxylic acids is 1. The van der Waals surface area contributed by atoms with Crippen LogP contribution in [0.1, 0.15) is 176 Å². The quantitative estimate of drug-likeness (QED) is 0.0260. The van der Waals surface area contributed by atoms with Gasteiger partial charge in [0.1, 0.15) is 12.4 Å². The summed E-state index contributed by atoms with van der Waals surface area (Å²) in [6, 6.07) is 24.0. The molecule has 8 nitrogen and oxygen atoms in total. The monoisotopic (exact) mass is 1020 g/mol. The Morgan fingerprint density at radius 1 is 0.486 bits per heavy atom. The van der Waals surface area contributed by atoms with Gasteiger partial charge in [0.2, 0.25) is 0 Å². The molecule has 2 aromatic carbocycles. The van der Waals surface area contributed by atoms with Crippen LogP contribution in [0, 0.1) is 0 Å². The third kappa shape index (κ3) is 16.9. The maximum Gasteiger partial charge on any atom is 0.338 e. The number of benzene rings is 2. The average molecular weight is 1030 g/mol. The van der Waals surface area contributed by atoms with E-state index in [4.69, 9.17) is 14.2 Å². The highest BCUT2D eigenvalue weighted by molar-refractivity contribution is 7.16. The summed E-state index contributed by atoms with van der Waals surface area (Å²) in [7, 11) is 1.42. The van der Waals surface area contributed by atoms with Gasteiger partial charge < -0.3 is 19.3 Å². The second-order valence-electron chi connectivity index (χ2n) is 17.7. The van der Waals surface area contributed by atoms with Crippen LogP contribution in [0.15, 0.2) is 72.8 Å². The highest BCUT2D eigenvalue weighted by Gasteiger charge is 2.23. The fraction of sp³-hybridized carbons (Fsp3) is 0.448. The third-order valence-corrected chi connectivity index (χ3v) is 17.0. The van der Waals surface area contributed by atoms with Gasteiger partial charge in [-0.15, -0.1) is 45.3 Å². The van der Waals surface area contributed by atoms with Crippen LogP contribution in [-0.2, 0) is 51.4 Å².